The number of hydrogen-bond acceptors (Lipinski definition) is 7. The molecule has 50 heavy (non-hydrogen) atoms. The Bertz CT molecular complexity index is 769. The van der Waals surface area contributed by atoms with Crippen molar-refractivity contribution < 1.29 is 61.5 Å². The zero-order valence-electron chi connectivity index (χ0n) is 33.7. The van der Waals surface area contributed by atoms with Gasteiger partial charge in [0.15, 0.2) is 5.79 Å². The first kappa shape index (κ1) is 50.8. The Balaban J connectivity index is 0.0000240. The summed E-state index contributed by atoms with van der Waals surface area (Å²) in [6.45, 7) is 8.65. The molecule has 1 aliphatic heterocycles. The van der Waals surface area contributed by atoms with Crippen LogP contribution in [0.2, 0.25) is 0 Å². The molecule has 1 unspecified atom stereocenters. The number of rotatable bonds is 38. The Hall–Kier alpha value is 0.750. The standard InChI is InChI=1S/C41H82O7S.Na/c1-4-6-8-10-12-14-16-18-20-22-24-26-28-30-34-45-37-39-40(48-41(3,47-39)33-32-36-49(42,43)44)38-46-35-31-29-27-25-23-21-19-17-15-13-11-9-7-5-2;/h39-40H,4-38H2,1-3H3,(H,42,43,44);/q;+1/p-1/t39-,40+,41?;. The van der Waals surface area contributed by atoms with Gasteiger partial charge in [-0.2, -0.15) is 0 Å². The van der Waals surface area contributed by atoms with Crippen LogP contribution in [0.5, 0.6) is 0 Å². The molecule has 7 nitrogen and oxygen atoms in total. The minimum atomic E-state index is -4.26. The summed E-state index contributed by atoms with van der Waals surface area (Å²) in [5.74, 6) is -1.34. The maximum absolute atomic E-state index is 11.1. The molecule has 1 heterocycles. The summed E-state index contributed by atoms with van der Waals surface area (Å²) in [5, 5.41) is 0. The van der Waals surface area contributed by atoms with E-state index >= 15 is 0 Å². The van der Waals surface area contributed by atoms with E-state index in [9.17, 15) is 13.0 Å². The first-order valence-electron chi connectivity index (χ1n) is 21.2. The van der Waals surface area contributed by atoms with Crippen LogP contribution in [0.1, 0.15) is 213 Å². The van der Waals surface area contributed by atoms with Gasteiger partial charge >= 0.3 is 29.6 Å². The minimum absolute atomic E-state index is 0. The molecule has 0 bridgehead atoms. The fourth-order valence-electron chi connectivity index (χ4n) is 6.99. The Morgan fingerprint density at radius 3 is 1.06 bits per heavy atom. The van der Waals surface area contributed by atoms with Crippen LogP contribution in [-0.4, -0.2) is 63.1 Å². The van der Waals surface area contributed by atoms with Gasteiger partial charge in [-0.1, -0.05) is 181 Å². The summed E-state index contributed by atoms with van der Waals surface area (Å²) in [4.78, 5) is 0. The molecule has 1 aliphatic rings. The van der Waals surface area contributed by atoms with Gasteiger partial charge in [0.25, 0.3) is 0 Å². The third kappa shape index (κ3) is 32.2. The molecular weight excluding hydrogens is 660 g/mol. The van der Waals surface area contributed by atoms with Crippen molar-refractivity contribution in [2.24, 2.45) is 0 Å². The van der Waals surface area contributed by atoms with Crippen molar-refractivity contribution in [3.63, 3.8) is 0 Å². The number of unbranched alkanes of at least 4 members (excludes halogenated alkanes) is 26. The average Bonchev–Trinajstić information content (AvgIpc) is 3.38. The van der Waals surface area contributed by atoms with Crippen LogP contribution >= 0.6 is 0 Å². The van der Waals surface area contributed by atoms with Crippen LogP contribution in [0.25, 0.3) is 0 Å². The second kappa shape index (κ2) is 35.5. The van der Waals surface area contributed by atoms with Crippen LogP contribution in [0, 0.1) is 0 Å². The van der Waals surface area contributed by atoms with E-state index in [0.29, 0.717) is 32.8 Å². The van der Waals surface area contributed by atoms with Crippen molar-refractivity contribution in [3.8, 4) is 0 Å². The molecule has 0 aromatic carbocycles. The topological polar surface area (TPSA) is 94.1 Å². The molecule has 0 saturated carbocycles. The zero-order valence-corrected chi connectivity index (χ0v) is 36.5. The molecule has 0 radical (unpaired) electrons. The Labute approximate surface area is 333 Å². The predicted molar refractivity (Wildman–Crippen MR) is 204 cm³/mol. The van der Waals surface area contributed by atoms with Crippen LogP contribution in [0.3, 0.4) is 0 Å². The maximum atomic E-state index is 11.1. The van der Waals surface area contributed by atoms with E-state index in [4.69, 9.17) is 18.9 Å². The molecule has 0 N–H and O–H groups in total. The molecule has 9 heteroatoms. The molecule has 1 saturated heterocycles. The smallest absolute Gasteiger partial charge is 0.748 e. The fraction of sp³-hybridized carbons (Fsp3) is 1.00. The Morgan fingerprint density at radius 1 is 0.500 bits per heavy atom. The minimum Gasteiger partial charge on any atom is -0.748 e. The van der Waals surface area contributed by atoms with Crippen LogP contribution < -0.4 is 29.6 Å². The number of hydrogen-bond donors (Lipinski definition) is 0. The quantitative estimate of drug-likeness (QED) is 0.0355. The van der Waals surface area contributed by atoms with Crippen molar-refractivity contribution in [3.05, 3.63) is 0 Å². The Morgan fingerprint density at radius 2 is 0.780 bits per heavy atom. The van der Waals surface area contributed by atoms with Crippen LogP contribution in [0.15, 0.2) is 0 Å². The van der Waals surface area contributed by atoms with E-state index in [1.54, 1.807) is 0 Å². The number of ether oxygens (including phenoxy) is 4. The second-order valence-electron chi connectivity index (χ2n) is 15.2. The summed E-state index contributed by atoms with van der Waals surface area (Å²) >= 11 is 0. The average molecular weight is 741 g/mol. The third-order valence-electron chi connectivity index (χ3n) is 10.1. The van der Waals surface area contributed by atoms with E-state index in [1.807, 2.05) is 6.92 Å². The molecule has 1 rings (SSSR count). The zero-order chi connectivity index (χ0) is 35.7. The maximum Gasteiger partial charge on any atom is 1.00 e. The van der Waals surface area contributed by atoms with Crippen molar-refractivity contribution >= 4 is 10.1 Å². The molecule has 0 aromatic heterocycles. The van der Waals surface area contributed by atoms with Crippen LogP contribution in [0.4, 0.5) is 0 Å². The van der Waals surface area contributed by atoms with Gasteiger partial charge in [0.05, 0.1) is 23.3 Å². The van der Waals surface area contributed by atoms with Gasteiger partial charge in [0.2, 0.25) is 0 Å². The van der Waals surface area contributed by atoms with Crippen molar-refractivity contribution in [2.75, 3.05) is 32.2 Å². The van der Waals surface area contributed by atoms with Gasteiger partial charge in [-0.05, 0) is 26.2 Å². The summed E-state index contributed by atoms with van der Waals surface area (Å²) in [5.41, 5.74) is 0. The van der Waals surface area contributed by atoms with Gasteiger partial charge < -0.3 is 23.5 Å². The van der Waals surface area contributed by atoms with E-state index < -0.39 is 21.7 Å². The second-order valence-corrected chi connectivity index (χ2v) is 16.7. The SMILES string of the molecule is CCCCCCCCCCCCCCCCOC[C@@H]1OC(C)(CCCS(=O)(=O)[O-])O[C@@H]1COCCCCCCCCCCCCCCCC.[Na+]. The largest absolute Gasteiger partial charge is 1.00 e. The molecule has 0 spiro atoms. The molecule has 3 atom stereocenters. The first-order chi connectivity index (χ1) is 23.8. The molecule has 0 aromatic rings. The molecule has 0 amide bonds. The van der Waals surface area contributed by atoms with Gasteiger partial charge in [-0.15, -0.1) is 0 Å². The van der Waals surface area contributed by atoms with Gasteiger partial charge in [0, 0.05) is 25.4 Å². The predicted octanol–water partition coefficient (Wildman–Crippen LogP) is 8.81. The van der Waals surface area contributed by atoms with E-state index in [2.05, 4.69) is 13.8 Å². The monoisotopic (exact) mass is 741 g/mol. The summed E-state index contributed by atoms with van der Waals surface area (Å²) in [7, 11) is -4.26. The summed E-state index contributed by atoms with van der Waals surface area (Å²) < 4.78 is 57.9. The molecule has 0 aliphatic carbocycles. The van der Waals surface area contributed by atoms with Crippen molar-refractivity contribution in [2.45, 2.75) is 231 Å². The first-order valence-corrected chi connectivity index (χ1v) is 22.8. The van der Waals surface area contributed by atoms with Crippen LogP contribution in [-0.2, 0) is 29.1 Å². The van der Waals surface area contributed by atoms with Crippen molar-refractivity contribution in [1.29, 1.82) is 0 Å². The third-order valence-corrected chi connectivity index (χ3v) is 10.9. The molecule has 1 fully saturated rings. The van der Waals surface area contributed by atoms with Crippen molar-refractivity contribution in [1.82, 2.24) is 0 Å². The van der Waals surface area contributed by atoms with Gasteiger partial charge in [-0.3, -0.25) is 0 Å². The van der Waals surface area contributed by atoms with Gasteiger partial charge in [0.1, 0.15) is 12.2 Å². The van der Waals surface area contributed by atoms with E-state index in [1.165, 1.54) is 167 Å². The Kier molecular flexibility index (Phi) is 36.0. The molecular formula is C41H81NaO7S. The normalized spacial score (nSPS) is 19.3. The van der Waals surface area contributed by atoms with E-state index in [-0.39, 0.29) is 48.2 Å². The fourth-order valence-corrected chi connectivity index (χ4v) is 7.48. The van der Waals surface area contributed by atoms with E-state index in [0.717, 1.165) is 12.8 Å². The molecule has 294 valence electrons. The van der Waals surface area contributed by atoms with Gasteiger partial charge in [-0.25, -0.2) is 8.42 Å². The summed E-state index contributed by atoms with van der Waals surface area (Å²) in [6.07, 6.45) is 37.4. The summed E-state index contributed by atoms with van der Waals surface area (Å²) in [6, 6.07) is 0.